The third-order valence-electron chi connectivity index (χ3n) is 6.51. The molecule has 4 aromatic rings. The van der Waals surface area contributed by atoms with E-state index < -0.39 is 18.1 Å². The zero-order valence-electron chi connectivity index (χ0n) is 20.5. The van der Waals surface area contributed by atoms with Crippen molar-refractivity contribution in [2.45, 2.75) is 38.5 Å². The van der Waals surface area contributed by atoms with Gasteiger partial charge in [-0.25, -0.2) is 9.37 Å². The Morgan fingerprint density at radius 3 is 2.71 bits per heavy atom. The standard InChI is InChI=1S/C26H23BFN7O3/c1-15(36)21-13-34(22-3-2-16(6-20(21)22)17-4-5-30-31-9-17)14-26(38)35-12-18(28)7-19(35)8-25(37)33-24-11-29-10-23(27)32-24/h2-6,9-11,13,18-19H,7-8,12,14H2,1H3,(H,32,33,37)/t18-,19+/m1/s1. The van der Waals surface area contributed by atoms with Crippen LogP contribution in [0.4, 0.5) is 10.2 Å². The second kappa shape index (κ2) is 10.5. The summed E-state index contributed by atoms with van der Waals surface area (Å²) in [4.78, 5) is 47.6. The summed E-state index contributed by atoms with van der Waals surface area (Å²) >= 11 is 0. The van der Waals surface area contributed by atoms with Crippen molar-refractivity contribution in [2.75, 3.05) is 11.9 Å². The number of likely N-dealkylation sites (tertiary alicyclic amines) is 1. The third-order valence-corrected chi connectivity index (χ3v) is 6.51. The maximum atomic E-state index is 14.4. The predicted octanol–water partition coefficient (Wildman–Crippen LogP) is 1.85. The van der Waals surface area contributed by atoms with Gasteiger partial charge in [0.15, 0.2) is 5.78 Å². The van der Waals surface area contributed by atoms with Gasteiger partial charge >= 0.3 is 0 Å². The Labute approximate surface area is 218 Å². The van der Waals surface area contributed by atoms with Crippen molar-refractivity contribution in [3.63, 3.8) is 0 Å². The van der Waals surface area contributed by atoms with E-state index in [1.54, 1.807) is 23.2 Å². The van der Waals surface area contributed by atoms with Gasteiger partial charge in [0.2, 0.25) is 11.8 Å². The number of amides is 2. The van der Waals surface area contributed by atoms with Crippen molar-refractivity contribution >= 4 is 47.8 Å². The SMILES string of the molecule is [B]c1cncc(NC(=O)C[C@@H]2C[C@@H](F)CN2C(=O)Cn2cc(C(C)=O)c3cc(-c4ccnnc4)ccc32)n1. The van der Waals surface area contributed by atoms with Crippen molar-refractivity contribution < 1.29 is 18.8 Å². The van der Waals surface area contributed by atoms with Crippen molar-refractivity contribution in [3.05, 3.63) is 60.8 Å². The van der Waals surface area contributed by atoms with E-state index in [0.717, 1.165) is 11.1 Å². The van der Waals surface area contributed by atoms with Crippen molar-refractivity contribution in [3.8, 4) is 11.1 Å². The summed E-state index contributed by atoms with van der Waals surface area (Å²) in [5, 5.41) is 11.0. The molecule has 190 valence electrons. The molecule has 4 heterocycles. The van der Waals surface area contributed by atoms with Crippen LogP contribution in [0.5, 0.6) is 0 Å². The van der Waals surface area contributed by atoms with Gasteiger partial charge in [-0.3, -0.25) is 19.4 Å². The van der Waals surface area contributed by atoms with Gasteiger partial charge in [-0.05, 0) is 30.7 Å². The van der Waals surface area contributed by atoms with E-state index in [9.17, 15) is 18.8 Å². The van der Waals surface area contributed by atoms with Crippen LogP contribution < -0.4 is 10.9 Å². The van der Waals surface area contributed by atoms with Gasteiger partial charge in [-0.2, -0.15) is 10.2 Å². The first kappa shape index (κ1) is 25.2. The Kier molecular flexibility index (Phi) is 6.95. The van der Waals surface area contributed by atoms with Gasteiger partial charge in [-0.15, -0.1) is 0 Å². The lowest BCUT2D eigenvalue weighted by Crippen LogP contribution is -2.39. The first-order valence-corrected chi connectivity index (χ1v) is 12.0. The summed E-state index contributed by atoms with van der Waals surface area (Å²) in [6, 6.07) is 6.79. The highest BCUT2D eigenvalue weighted by Crippen LogP contribution is 2.29. The molecule has 38 heavy (non-hydrogen) atoms. The number of halogens is 1. The van der Waals surface area contributed by atoms with Gasteiger partial charge in [0.25, 0.3) is 0 Å². The number of ketones is 1. The molecule has 10 nitrogen and oxygen atoms in total. The molecule has 1 aromatic carbocycles. The number of carbonyl (C=O) groups excluding carboxylic acids is 3. The van der Waals surface area contributed by atoms with Crippen LogP contribution in [0, 0.1) is 0 Å². The molecular weight excluding hydrogens is 488 g/mol. The highest BCUT2D eigenvalue weighted by molar-refractivity contribution is 6.30. The number of Topliss-reactive ketones (excluding diaryl/α,β-unsaturated/α-hetero) is 1. The van der Waals surface area contributed by atoms with E-state index in [1.807, 2.05) is 24.3 Å². The van der Waals surface area contributed by atoms with Crippen LogP contribution in [0.25, 0.3) is 22.0 Å². The van der Waals surface area contributed by atoms with Crippen LogP contribution in [0.15, 0.2) is 55.2 Å². The lowest BCUT2D eigenvalue weighted by Gasteiger charge is -2.24. The number of hydrogen-bond donors (Lipinski definition) is 1. The summed E-state index contributed by atoms with van der Waals surface area (Å²) in [6.07, 6.45) is 6.27. The molecule has 5 rings (SSSR count). The third kappa shape index (κ3) is 5.29. The van der Waals surface area contributed by atoms with Gasteiger partial charge in [0, 0.05) is 58.9 Å². The maximum Gasteiger partial charge on any atom is 0.242 e. The van der Waals surface area contributed by atoms with Crippen LogP contribution >= 0.6 is 0 Å². The fourth-order valence-electron chi connectivity index (χ4n) is 4.79. The van der Waals surface area contributed by atoms with Gasteiger partial charge in [0.1, 0.15) is 26.4 Å². The molecule has 0 spiro atoms. The number of benzene rings is 1. The average Bonchev–Trinajstić information content (AvgIpc) is 3.44. The van der Waals surface area contributed by atoms with E-state index in [0.29, 0.717) is 16.5 Å². The van der Waals surface area contributed by atoms with Crippen molar-refractivity contribution in [2.24, 2.45) is 0 Å². The number of hydrogen-bond acceptors (Lipinski definition) is 7. The van der Waals surface area contributed by atoms with Crippen molar-refractivity contribution in [1.29, 1.82) is 0 Å². The number of nitrogens with zero attached hydrogens (tertiary/aromatic N) is 6. The second-order valence-corrected chi connectivity index (χ2v) is 9.20. The number of aromatic nitrogens is 5. The molecule has 2 radical (unpaired) electrons. The minimum absolute atomic E-state index is 0.0518. The summed E-state index contributed by atoms with van der Waals surface area (Å²) < 4.78 is 16.1. The Hall–Kier alpha value is -4.48. The molecular formula is C26H23BFN7O3. The van der Waals surface area contributed by atoms with Crippen LogP contribution in [-0.4, -0.2) is 73.8 Å². The minimum Gasteiger partial charge on any atom is -0.337 e. The van der Waals surface area contributed by atoms with Crippen LogP contribution in [0.2, 0.25) is 0 Å². The monoisotopic (exact) mass is 511 g/mol. The molecule has 0 aliphatic carbocycles. The first-order valence-electron chi connectivity index (χ1n) is 12.0. The largest absolute Gasteiger partial charge is 0.337 e. The van der Waals surface area contributed by atoms with E-state index in [1.165, 1.54) is 24.2 Å². The van der Waals surface area contributed by atoms with E-state index >= 15 is 0 Å². The fraction of sp³-hybridized carbons (Fsp3) is 0.269. The molecule has 2 atom stereocenters. The van der Waals surface area contributed by atoms with Crippen LogP contribution in [0.1, 0.15) is 30.1 Å². The summed E-state index contributed by atoms with van der Waals surface area (Å²) in [5.41, 5.74) is 3.02. The summed E-state index contributed by atoms with van der Waals surface area (Å²) in [6.45, 7) is 1.26. The molecule has 12 heteroatoms. The topological polar surface area (TPSA) is 123 Å². The molecule has 1 aliphatic rings. The lowest BCUT2D eigenvalue weighted by atomic mass is 10.0. The van der Waals surface area contributed by atoms with Crippen LogP contribution in [0.3, 0.4) is 0 Å². The molecule has 0 unspecified atom stereocenters. The number of nitrogens with one attached hydrogen (secondary N) is 1. The lowest BCUT2D eigenvalue weighted by molar-refractivity contribution is -0.133. The zero-order chi connectivity index (χ0) is 26.8. The number of fused-ring (bicyclic) bond motifs is 1. The Balaban J connectivity index is 1.35. The van der Waals surface area contributed by atoms with Gasteiger partial charge in [0.05, 0.1) is 25.1 Å². The highest BCUT2D eigenvalue weighted by Gasteiger charge is 2.36. The first-order chi connectivity index (χ1) is 18.3. The second-order valence-electron chi connectivity index (χ2n) is 9.20. The normalized spacial score (nSPS) is 17.1. The maximum absolute atomic E-state index is 14.4. The quantitative estimate of drug-likeness (QED) is 0.297. The smallest absolute Gasteiger partial charge is 0.242 e. The molecule has 1 fully saturated rings. The Morgan fingerprint density at radius 1 is 1.13 bits per heavy atom. The number of alkyl halides is 1. The zero-order valence-corrected chi connectivity index (χ0v) is 20.5. The Morgan fingerprint density at radius 2 is 1.97 bits per heavy atom. The molecule has 1 aliphatic heterocycles. The number of rotatable bonds is 7. The summed E-state index contributed by atoms with van der Waals surface area (Å²) in [5.74, 6) is -0.734. The average molecular weight is 511 g/mol. The summed E-state index contributed by atoms with van der Waals surface area (Å²) in [7, 11) is 5.59. The molecule has 2 amide bonds. The molecule has 3 aromatic heterocycles. The Bertz CT molecular complexity index is 1530. The minimum atomic E-state index is -1.24. The highest BCUT2D eigenvalue weighted by atomic mass is 19.1. The predicted molar refractivity (Wildman–Crippen MR) is 139 cm³/mol. The molecule has 1 N–H and O–H groups in total. The molecule has 0 saturated carbocycles. The van der Waals surface area contributed by atoms with Gasteiger partial charge in [-0.1, -0.05) is 6.07 Å². The van der Waals surface area contributed by atoms with Crippen LogP contribution in [-0.2, 0) is 16.1 Å². The number of anilines is 1. The van der Waals surface area contributed by atoms with E-state index in [-0.39, 0.29) is 49.0 Å². The van der Waals surface area contributed by atoms with E-state index in [4.69, 9.17) is 7.85 Å². The van der Waals surface area contributed by atoms with Gasteiger partial charge < -0.3 is 14.8 Å². The molecule has 1 saturated heterocycles. The fourth-order valence-corrected chi connectivity index (χ4v) is 4.79. The van der Waals surface area contributed by atoms with Crippen molar-refractivity contribution in [1.82, 2.24) is 29.6 Å². The van der Waals surface area contributed by atoms with E-state index in [2.05, 4.69) is 25.5 Å². The molecule has 0 bridgehead atoms. The number of carbonyl (C=O) groups is 3.